The van der Waals surface area contributed by atoms with E-state index in [1.54, 1.807) is 18.3 Å². The Balaban J connectivity index is 1.73. The van der Waals surface area contributed by atoms with Gasteiger partial charge in [0.15, 0.2) is 0 Å². The third-order valence-corrected chi connectivity index (χ3v) is 2.59. The highest BCUT2D eigenvalue weighted by atomic mass is 35.5. The molecule has 1 aliphatic carbocycles. The summed E-state index contributed by atoms with van der Waals surface area (Å²) in [6, 6.07) is 3.94. The number of amides is 1. The first-order valence-electron chi connectivity index (χ1n) is 5.39. The number of hydrogen-bond donors (Lipinski definition) is 2. The first-order chi connectivity index (χ1) is 7.74. The van der Waals surface area contributed by atoms with E-state index in [2.05, 4.69) is 15.6 Å². The molecule has 0 atom stereocenters. The molecule has 1 amide bonds. The summed E-state index contributed by atoms with van der Waals surface area (Å²) in [7, 11) is 0. The summed E-state index contributed by atoms with van der Waals surface area (Å²) in [5.41, 5.74) is 0. The zero-order valence-electron chi connectivity index (χ0n) is 8.87. The van der Waals surface area contributed by atoms with Gasteiger partial charge in [-0.15, -0.1) is 0 Å². The molecule has 1 heterocycles. The minimum absolute atomic E-state index is 0.0390. The van der Waals surface area contributed by atoms with Crippen LogP contribution in [-0.4, -0.2) is 23.5 Å². The van der Waals surface area contributed by atoms with Crippen LogP contribution in [0.1, 0.15) is 19.3 Å². The Bertz CT molecular complexity index is 379. The largest absolute Gasteiger partial charge is 0.313 e. The van der Waals surface area contributed by atoms with E-state index in [0.717, 1.165) is 6.54 Å². The Morgan fingerprint density at radius 3 is 3.06 bits per heavy atom. The Labute approximate surface area is 99.4 Å². The molecule has 0 radical (unpaired) electrons. The fourth-order valence-electron chi connectivity index (χ4n) is 1.36. The predicted molar refractivity (Wildman–Crippen MR) is 63.5 cm³/mol. The van der Waals surface area contributed by atoms with E-state index >= 15 is 0 Å². The SMILES string of the molecule is O=C(CCNC1CC1)Nc1cc(Cl)ccn1. The van der Waals surface area contributed by atoms with Crippen LogP contribution in [-0.2, 0) is 4.79 Å². The van der Waals surface area contributed by atoms with Crippen molar-refractivity contribution in [2.24, 2.45) is 0 Å². The second-order valence-corrected chi connectivity index (χ2v) is 4.32. The molecule has 0 bridgehead atoms. The standard InChI is InChI=1S/C11H14ClN3O/c12-8-3-5-14-10(7-8)15-11(16)4-6-13-9-1-2-9/h3,5,7,9,13H,1-2,4,6H2,(H,14,15,16). The van der Waals surface area contributed by atoms with E-state index in [-0.39, 0.29) is 5.91 Å². The summed E-state index contributed by atoms with van der Waals surface area (Å²) in [6.07, 6.45) is 4.50. The molecule has 0 aliphatic heterocycles. The quantitative estimate of drug-likeness (QED) is 0.824. The van der Waals surface area contributed by atoms with Crippen molar-refractivity contribution in [1.82, 2.24) is 10.3 Å². The van der Waals surface area contributed by atoms with Crippen molar-refractivity contribution >= 4 is 23.3 Å². The second kappa shape index (κ2) is 5.27. The van der Waals surface area contributed by atoms with Gasteiger partial charge >= 0.3 is 0 Å². The molecular formula is C11H14ClN3O. The van der Waals surface area contributed by atoms with E-state index in [4.69, 9.17) is 11.6 Å². The zero-order valence-corrected chi connectivity index (χ0v) is 9.63. The molecule has 0 saturated heterocycles. The van der Waals surface area contributed by atoms with Gasteiger partial charge in [0.2, 0.25) is 5.91 Å². The average molecular weight is 240 g/mol. The van der Waals surface area contributed by atoms with Gasteiger partial charge in [-0.1, -0.05) is 11.6 Å². The fraction of sp³-hybridized carbons (Fsp3) is 0.455. The molecule has 1 fully saturated rings. The average Bonchev–Trinajstić information content (AvgIpc) is 3.01. The van der Waals surface area contributed by atoms with Crippen molar-refractivity contribution in [3.05, 3.63) is 23.4 Å². The smallest absolute Gasteiger partial charge is 0.226 e. The first kappa shape index (κ1) is 11.4. The summed E-state index contributed by atoms with van der Waals surface area (Å²) >= 11 is 5.78. The summed E-state index contributed by atoms with van der Waals surface area (Å²) in [6.45, 7) is 0.719. The lowest BCUT2D eigenvalue weighted by Gasteiger charge is -2.05. The number of pyridine rings is 1. The summed E-state index contributed by atoms with van der Waals surface area (Å²) in [4.78, 5) is 15.5. The van der Waals surface area contributed by atoms with Crippen LogP contribution in [0.5, 0.6) is 0 Å². The molecule has 2 N–H and O–H groups in total. The number of carbonyl (C=O) groups is 1. The van der Waals surface area contributed by atoms with Crippen molar-refractivity contribution in [2.75, 3.05) is 11.9 Å². The highest BCUT2D eigenvalue weighted by Crippen LogP contribution is 2.18. The van der Waals surface area contributed by atoms with E-state index in [0.29, 0.717) is 23.3 Å². The van der Waals surface area contributed by atoms with E-state index in [9.17, 15) is 4.79 Å². The molecule has 16 heavy (non-hydrogen) atoms. The van der Waals surface area contributed by atoms with Gasteiger partial charge in [0.05, 0.1) is 0 Å². The highest BCUT2D eigenvalue weighted by molar-refractivity contribution is 6.30. The predicted octanol–water partition coefficient (Wildman–Crippen LogP) is 1.82. The number of halogens is 1. The molecule has 0 spiro atoms. The third-order valence-electron chi connectivity index (χ3n) is 2.35. The summed E-state index contributed by atoms with van der Waals surface area (Å²) < 4.78 is 0. The topological polar surface area (TPSA) is 54.0 Å². The first-order valence-corrected chi connectivity index (χ1v) is 5.76. The van der Waals surface area contributed by atoms with Crippen molar-refractivity contribution in [2.45, 2.75) is 25.3 Å². The molecule has 86 valence electrons. The summed E-state index contributed by atoms with van der Waals surface area (Å²) in [5, 5.41) is 6.55. The van der Waals surface area contributed by atoms with E-state index in [1.165, 1.54) is 12.8 Å². The monoisotopic (exact) mass is 239 g/mol. The molecule has 0 unspecified atom stereocenters. The lowest BCUT2D eigenvalue weighted by atomic mass is 10.3. The Morgan fingerprint density at radius 1 is 1.56 bits per heavy atom. The minimum atomic E-state index is -0.0390. The number of aromatic nitrogens is 1. The molecule has 0 aromatic carbocycles. The van der Waals surface area contributed by atoms with Gasteiger partial charge in [0, 0.05) is 30.2 Å². The Hall–Kier alpha value is -1.13. The van der Waals surface area contributed by atoms with Crippen LogP contribution in [0.3, 0.4) is 0 Å². The molecule has 1 aliphatic rings. The van der Waals surface area contributed by atoms with Crippen molar-refractivity contribution in [3.63, 3.8) is 0 Å². The van der Waals surface area contributed by atoms with E-state index < -0.39 is 0 Å². The van der Waals surface area contributed by atoms with Crippen LogP contribution < -0.4 is 10.6 Å². The Kier molecular flexibility index (Phi) is 3.74. The van der Waals surface area contributed by atoms with Crippen molar-refractivity contribution in [3.8, 4) is 0 Å². The van der Waals surface area contributed by atoms with Gasteiger partial charge < -0.3 is 10.6 Å². The fourth-order valence-corrected chi connectivity index (χ4v) is 1.52. The van der Waals surface area contributed by atoms with Crippen LogP contribution in [0.2, 0.25) is 5.02 Å². The van der Waals surface area contributed by atoms with Crippen LogP contribution in [0.25, 0.3) is 0 Å². The minimum Gasteiger partial charge on any atom is -0.313 e. The number of nitrogens with zero attached hydrogens (tertiary/aromatic N) is 1. The molecule has 1 aromatic rings. The van der Waals surface area contributed by atoms with Gasteiger partial charge in [-0.05, 0) is 25.0 Å². The lowest BCUT2D eigenvalue weighted by Crippen LogP contribution is -2.23. The summed E-state index contributed by atoms with van der Waals surface area (Å²) in [5.74, 6) is 0.465. The van der Waals surface area contributed by atoms with E-state index in [1.807, 2.05) is 0 Å². The number of anilines is 1. The maximum Gasteiger partial charge on any atom is 0.226 e. The van der Waals surface area contributed by atoms with Crippen LogP contribution >= 0.6 is 11.6 Å². The van der Waals surface area contributed by atoms with Crippen LogP contribution in [0.4, 0.5) is 5.82 Å². The van der Waals surface area contributed by atoms with Crippen molar-refractivity contribution < 1.29 is 4.79 Å². The molecular weight excluding hydrogens is 226 g/mol. The molecule has 2 rings (SSSR count). The molecule has 1 aromatic heterocycles. The molecule has 4 nitrogen and oxygen atoms in total. The van der Waals surface area contributed by atoms with Crippen LogP contribution in [0.15, 0.2) is 18.3 Å². The lowest BCUT2D eigenvalue weighted by molar-refractivity contribution is -0.116. The maximum absolute atomic E-state index is 11.5. The zero-order chi connectivity index (χ0) is 11.4. The number of rotatable bonds is 5. The van der Waals surface area contributed by atoms with Crippen LogP contribution in [0, 0.1) is 0 Å². The van der Waals surface area contributed by atoms with Gasteiger partial charge in [-0.25, -0.2) is 4.98 Å². The van der Waals surface area contributed by atoms with Gasteiger partial charge in [-0.2, -0.15) is 0 Å². The van der Waals surface area contributed by atoms with Gasteiger partial charge in [0.1, 0.15) is 5.82 Å². The van der Waals surface area contributed by atoms with Gasteiger partial charge in [-0.3, -0.25) is 4.79 Å². The number of carbonyl (C=O) groups excluding carboxylic acids is 1. The number of hydrogen-bond acceptors (Lipinski definition) is 3. The normalized spacial score (nSPS) is 14.8. The van der Waals surface area contributed by atoms with Crippen molar-refractivity contribution in [1.29, 1.82) is 0 Å². The maximum atomic E-state index is 11.5. The molecule has 1 saturated carbocycles. The number of nitrogens with one attached hydrogen (secondary N) is 2. The highest BCUT2D eigenvalue weighted by Gasteiger charge is 2.20. The van der Waals surface area contributed by atoms with Gasteiger partial charge in [0.25, 0.3) is 0 Å². The second-order valence-electron chi connectivity index (χ2n) is 3.89. The Morgan fingerprint density at radius 2 is 2.38 bits per heavy atom. The third kappa shape index (κ3) is 3.79. The molecule has 5 heteroatoms.